The predicted octanol–water partition coefficient (Wildman–Crippen LogP) is 3.75. The maximum Gasteiger partial charge on any atom is 0.266 e. The fourth-order valence-electron chi connectivity index (χ4n) is 4.41. The quantitative estimate of drug-likeness (QED) is 0.628. The molecule has 6 nitrogen and oxygen atoms in total. The summed E-state index contributed by atoms with van der Waals surface area (Å²) in [5, 5.41) is 1.69. The highest BCUT2D eigenvalue weighted by Gasteiger charge is 2.60. The Morgan fingerprint density at radius 3 is 2.33 bits per heavy atom. The number of hydroxylamine groups is 1. The molecule has 6 heteroatoms. The zero-order valence-electron chi connectivity index (χ0n) is 16.7. The van der Waals surface area contributed by atoms with Crippen LogP contribution in [0.3, 0.4) is 0 Å². The molecule has 0 bridgehead atoms. The number of amides is 2. The second-order valence-electron chi connectivity index (χ2n) is 7.74. The number of hydrogen-bond donors (Lipinski definition) is 0. The molecule has 2 fully saturated rings. The Morgan fingerprint density at radius 2 is 1.63 bits per heavy atom. The number of aromatic nitrogens is 1. The molecule has 3 aromatic rings. The topological polar surface area (TPSA) is 62.7 Å². The van der Waals surface area contributed by atoms with Crippen molar-refractivity contribution in [3.8, 4) is 0 Å². The summed E-state index contributed by atoms with van der Waals surface area (Å²) in [6, 6.07) is 18.6. The molecule has 0 aliphatic carbocycles. The van der Waals surface area contributed by atoms with Gasteiger partial charge in [0.05, 0.1) is 17.4 Å². The number of carbonyl (C=O) groups is 2. The van der Waals surface area contributed by atoms with Gasteiger partial charge in [-0.1, -0.05) is 35.9 Å². The van der Waals surface area contributed by atoms with E-state index < -0.39 is 18.1 Å². The van der Waals surface area contributed by atoms with Crippen LogP contribution in [0.2, 0.25) is 0 Å². The van der Waals surface area contributed by atoms with E-state index in [1.165, 1.54) is 4.90 Å². The minimum Gasteiger partial charge on any atom is -0.273 e. The van der Waals surface area contributed by atoms with Crippen molar-refractivity contribution in [1.82, 2.24) is 4.98 Å². The summed E-state index contributed by atoms with van der Waals surface area (Å²) >= 11 is 0. The summed E-state index contributed by atoms with van der Waals surface area (Å²) in [7, 11) is 0. The molecule has 0 N–H and O–H groups in total. The first-order valence-electron chi connectivity index (χ1n) is 9.92. The first-order chi connectivity index (χ1) is 14.6. The Kier molecular flexibility index (Phi) is 4.37. The lowest BCUT2D eigenvalue weighted by molar-refractivity contribution is -0.126. The Labute approximate surface area is 174 Å². The lowest BCUT2D eigenvalue weighted by atomic mass is 9.91. The van der Waals surface area contributed by atoms with Gasteiger partial charge in [-0.05, 0) is 55.3 Å². The molecule has 30 heavy (non-hydrogen) atoms. The minimum atomic E-state index is -0.864. The number of aryl methyl sites for hydroxylation is 2. The van der Waals surface area contributed by atoms with Gasteiger partial charge in [0.1, 0.15) is 5.92 Å². The number of anilines is 2. The van der Waals surface area contributed by atoms with Crippen LogP contribution in [0.5, 0.6) is 0 Å². The van der Waals surface area contributed by atoms with Gasteiger partial charge in [-0.15, -0.1) is 0 Å². The van der Waals surface area contributed by atoms with E-state index in [0.717, 1.165) is 22.4 Å². The average Bonchev–Trinajstić information content (AvgIpc) is 3.26. The van der Waals surface area contributed by atoms with E-state index in [9.17, 15) is 9.59 Å². The van der Waals surface area contributed by atoms with Crippen molar-refractivity contribution in [2.45, 2.75) is 26.0 Å². The molecule has 1 aromatic heterocycles. The van der Waals surface area contributed by atoms with Crippen LogP contribution in [0.25, 0.3) is 0 Å². The first-order valence-corrected chi connectivity index (χ1v) is 9.92. The third-order valence-electron chi connectivity index (χ3n) is 5.77. The molecule has 3 atom stereocenters. The summed E-state index contributed by atoms with van der Waals surface area (Å²) in [4.78, 5) is 38.4. The van der Waals surface area contributed by atoms with Crippen LogP contribution in [0.1, 0.15) is 22.7 Å². The highest BCUT2D eigenvalue weighted by Crippen LogP contribution is 2.47. The fourth-order valence-corrected chi connectivity index (χ4v) is 4.41. The largest absolute Gasteiger partial charge is 0.273 e. The van der Waals surface area contributed by atoms with E-state index in [-0.39, 0.29) is 11.8 Å². The van der Waals surface area contributed by atoms with E-state index in [1.54, 1.807) is 17.5 Å². The third kappa shape index (κ3) is 2.80. The number of imide groups is 1. The summed E-state index contributed by atoms with van der Waals surface area (Å²) in [6.07, 6.45) is 2.51. The third-order valence-corrected chi connectivity index (χ3v) is 5.77. The first kappa shape index (κ1) is 18.5. The monoisotopic (exact) mass is 399 g/mol. The molecular weight excluding hydrogens is 378 g/mol. The van der Waals surface area contributed by atoms with Crippen LogP contribution in [-0.4, -0.2) is 22.9 Å². The lowest BCUT2D eigenvalue weighted by Crippen LogP contribution is -2.37. The van der Waals surface area contributed by atoms with Crippen molar-refractivity contribution in [1.29, 1.82) is 0 Å². The molecule has 2 saturated heterocycles. The second-order valence-corrected chi connectivity index (χ2v) is 7.74. The van der Waals surface area contributed by atoms with Gasteiger partial charge in [0.2, 0.25) is 5.91 Å². The average molecular weight is 399 g/mol. The SMILES string of the molecule is Cc1ccc(N2C(=O)[C@H]3[C@@H](ON(c4ccccc4)[C@H]3c3ccncc3)C2=O)c(C)c1. The number of pyridine rings is 1. The number of para-hydroxylation sites is 1. The van der Waals surface area contributed by atoms with E-state index in [2.05, 4.69) is 4.98 Å². The van der Waals surface area contributed by atoms with Crippen LogP contribution < -0.4 is 9.96 Å². The van der Waals surface area contributed by atoms with Crippen molar-refractivity contribution in [2.24, 2.45) is 5.92 Å². The van der Waals surface area contributed by atoms with Gasteiger partial charge in [0.15, 0.2) is 6.10 Å². The van der Waals surface area contributed by atoms with E-state index in [0.29, 0.717) is 5.69 Å². The normalized spacial score (nSPS) is 23.2. The molecule has 0 saturated carbocycles. The summed E-state index contributed by atoms with van der Waals surface area (Å²) in [6.45, 7) is 3.90. The van der Waals surface area contributed by atoms with Crippen LogP contribution in [0.15, 0.2) is 73.1 Å². The zero-order valence-corrected chi connectivity index (χ0v) is 16.7. The van der Waals surface area contributed by atoms with Gasteiger partial charge in [-0.25, -0.2) is 9.96 Å². The summed E-state index contributed by atoms with van der Waals surface area (Å²) < 4.78 is 0. The van der Waals surface area contributed by atoms with Gasteiger partial charge in [0.25, 0.3) is 5.91 Å². The highest BCUT2D eigenvalue weighted by atomic mass is 16.7. The van der Waals surface area contributed by atoms with E-state index in [4.69, 9.17) is 4.84 Å². The maximum absolute atomic E-state index is 13.6. The molecular formula is C24H21N3O3. The van der Waals surface area contributed by atoms with Crippen molar-refractivity contribution < 1.29 is 14.4 Å². The number of carbonyl (C=O) groups excluding carboxylic acids is 2. The van der Waals surface area contributed by atoms with Crippen LogP contribution in [0, 0.1) is 19.8 Å². The van der Waals surface area contributed by atoms with Crippen LogP contribution >= 0.6 is 0 Å². The van der Waals surface area contributed by atoms with Crippen molar-refractivity contribution in [3.63, 3.8) is 0 Å². The van der Waals surface area contributed by atoms with Crippen LogP contribution in [0.4, 0.5) is 11.4 Å². The summed E-state index contributed by atoms with van der Waals surface area (Å²) in [5.74, 6) is -1.20. The van der Waals surface area contributed by atoms with Gasteiger partial charge >= 0.3 is 0 Å². The molecule has 3 heterocycles. The molecule has 2 aliphatic rings. The lowest BCUT2D eigenvalue weighted by Gasteiger charge is -2.29. The molecule has 2 aromatic carbocycles. The number of rotatable bonds is 3. The second kappa shape index (κ2) is 7.07. The Balaban J connectivity index is 1.59. The highest BCUT2D eigenvalue weighted by molar-refractivity contribution is 6.24. The Hall–Kier alpha value is -3.51. The molecule has 2 aliphatic heterocycles. The number of nitrogens with zero attached hydrogens (tertiary/aromatic N) is 3. The molecule has 2 amide bonds. The van der Waals surface area contributed by atoms with Gasteiger partial charge in [-0.3, -0.25) is 19.4 Å². The van der Waals surface area contributed by atoms with Crippen LogP contribution in [-0.2, 0) is 14.4 Å². The standard InChI is InChI=1S/C24H21N3O3/c1-15-8-9-19(16(2)14-15)26-23(28)20-21(17-10-12-25-13-11-17)27(30-22(20)24(26)29)18-6-4-3-5-7-18/h3-14,20-22H,1-2H3/t20-,21+,22-/m1/s1. The van der Waals surface area contributed by atoms with E-state index in [1.807, 2.05) is 74.5 Å². The number of benzene rings is 2. The smallest absolute Gasteiger partial charge is 0.266 e. The molecule has 5 rings (SSSR count). The minimum absolute atomic E-state index is 0.239. The Morgan fingerprint density at radius 1 is 0.900 bits per heavy atom. The van der Waals surface area contributed by atoms with E-state index >= 15 is 0 Å². The molecule has 0 radical (unpaired) electrons. The molecule has 150 valence electrons. The summed E-state index contributed by atoms with van der Waals surface area (Å²) in [5.41, 5.74) is 4.26. The number of fused-ring (bicyclic) bond motifs is 1. The number of hydrogen-bond acceptors (Lipinski definition) is 5. The molecule has 0 spiro atoms. The Bertz CT molecular complexity index is 1120. The van der Waals surface area contributed by atoms with Crippen molar-refractivity contribution in [2.75, 3.05) is 9.96 Å². The molecule has 0 unspecified atom stereocenters. The fraction of sp³-hybridized carbons (Fsp3) is 0.208. The predicted molar refractivity (Wildman–Crippen MR) is 113 cm³/mol. The van der Waals surface area contributed by atoms with Gasteiger partial charge < -0.3 is 0 Å². The maximum atomic E-state index is 13.6. The zero-order chi connectivity index (χ0) is 20.8. The van der Waals surface area contributed by atoms with Gasteiger partial charge in [-0.2, -0.15) is 0 Å². The van der Waals surface area contributed by atoms with Gasteiger partial charge in [0, 0.05) is 12.4 Å². The van der Waals surface area contributed by atoms with Crippen molar-refractivity contribution >= 4 is 23.2 Å². The van der Waals surface area contributed by atoms with Crippen molar-refractivity contribution in [3.05, 3.63) is 89.7 Å².